The molecule has 0 saturated carbocycles. The van der Waals surface area contributed by atoms with Crippen molar-refractivity contribution in [1.29, 1.82) is 0 Å². The van der Waals surface area contributed by atoms with Crippen molar-refractivity contribution in [2.75, 3.05) is 13.7 Å². The van der Waals surface area contributed by atoms with Crippen LogP contribution in [0.3, 0.4) is 0 Å². The molecule has 0 radical (unpaired) electrons. The predicted octanol–water partition coefficient (Wildman–Crippen LogP) is 3.20. The van der Waals surface area contributed by atoms with Crippen molar-refractivity contribution in [1.82, 2.24) is 4.90 Å². The predicted molar refractivity (Wildman–Crippen MR) is 78.2 cm³/mol. The number of aromatic hydroxyl groups is 1. The normalized spacial score (nSPS) is 18.3. The molecule has 1 aliphatic heterocycles. The Morgan fingerprint density at radius 2 is 2.30 bits per heavy atom. The minimum atomic E-state index is 0.0434. The zero-order chi connectivity index (χ0) is 14.5. The van der Waals surface area contributed by atoms with E-state index in [9.17, 15) is 9.90 Å². The summed E-state index contributed by atoms with van der Waals surface area (Å²) in [6.45, 7) is 3.00. The molecule has 1 atom stereocenters. The Labute approximate surface area is 120 Å². The Kier molecular flexibility index (Phi) is 4.88. The minimum Gasteiger partial charge on any atom is -0.504 e. The SMILES string of the molecule is CCCC[C@@H]1CCCN1C(=O)c1ccc(O)c(OC)c1. The molecule has 1 aromatic carbocycles. The molecule has 4 nitrogen and oxygen atoms in total. The van der Waals surface area contributed by atoms with Crippen LogP contribution in [-0.2, 0) is 0 Å². The topological polar surface area (TPSA) is 49.8 Å². The number of ether oxygens (including phenoxy) is 1. The number of carbonyl (C=O) groups excluding carboxylic acids is 1. The number of benzene rings is 1. The minimum absolute atomic E-state index is 0.0434. The van der Waals surface area contributed by atoms with Gasteiger partial charge in [0.05, 0.1) is 7.11 Å². The van der Waals surface area contributed by atoms with Gasteiger partial charge in [0.2, 0.25) is 0 Å². The van der Waals surface area contributed by atoms with Crippen LogP contribution in [0.15, 0.2) is 18.2 Å². The smallest absolute Gasteiger partial charge is 0.254 e. The van der Waals surface area contributed by atoms with Crippen LogP contribution in [0, 0.1) is 0 Å². The summed E-state index contributed by atoms with van der Waals surface area (Å²) in [6.07, 6.45) is 5.58. The second kappa shape index (κ2) is 6.64. The molecule has 1 aromatic rings. The summed E-state index contributed by atoms with van der Waals surface area (Å²) in [5.41, 5.74) is 0.586. The van der Waals surface area contributed by atoms with Gasteiger partial charge in [0.15, 0.2) is 11.5 Å². The second-order valence-electron chi connectivity index (χ2n) is 5.32. The van der Waals surface area contributed by atoms with Crippen molar-refractivity contribution in [2.24, 2.45) is 0 Å². The fraction of sp³-hybridized carbons (Fsp3) is 0.562. The van der Waals surface area contributed by atoms with E-state index in [4.69, 9.17) is 4.74 Å². The molecule has 4 heteroatoms. The van der Waals surface area contributed by atoms with Gasteiger partial charge in [-0.25, -0.2) is 0 Å². The highest BCUT2D eigenvalue weighted by Gasteiger charge is 2.29. The number of likely N-dealkylation sites (tertiary alicyclic amines) is 1. The lowest BCUT2D eigenvalue weighted by Crippen LogP contribution is -2.35. The van der Waals surface area contributed by atoms with E-state index in [0.717, 1.165) is 38.6 Å². The fourth-order valence-electron chi connectivity index (χ4n) is 2.82. The van der Waals surface area contributed by atoms with Gasteiger partial charge in [0, 0.05) is 18.2 Å². The lowest BCUT2D eigenvalue weighted by molar-refractivity contribution is 0.0728. The summed E-state index contributed by atoms with van der Waals surface area (Å²) >= 11 is 0. The van der Waals surface area contributed by atoms with Crippen molar-refractivity contribution >= 4 is 5.91 Å². The molecule has 2 rings (SSSR count). The Morgan fingerprint density at radius 3 is 3.00 bits per heavy atom. The van der Waals surface area contributed by atoms with Gasteiger partial charge < -0.3 is 14.7 Å². The molecule has 1 N–H and O–H groups in total. The van der Waals surface area contributed by atoms with Gasteiger partial charge >= 0.3 is 0 Å². The number of hydrogen-bond donors (Lipinski definition) is 1. The first-order valence-electron chi connectivity index (χ1n) is 7.35. The number of nitrogens with zero attached hydrogens (tertiary/aromatic N) is 1. The lowest BCUT2D eigenvalue weighted by Gasteiger charge is -2.25. The van der Waals surface area contributed by atoms with E-state index in [-0.39, 0.29) is 11.7 Å². The third kappa shape index (κ3) is 3.06. The van der Waals surface area contributed by atoms with Crippen LogP contribution in [0.1, 0.15) is 49.4 Å². The van der Waals surface area contributed by atoms with Crippen LogP contribution in [0.25, 0.3) is 0 Å². The highest BCUT2D eigenvalue weighted by atomic mass is 16.5. The zero-order valence-electron chi connectivity index (χ0n) is 12.3. The number of phenols is 1. The Hall–Kier alpha value is -1.71. The standard InChI is InChI=1S/C16H23NO3/c1-3-4-6-13-7-5-10-17(13)16(19)12-8-9-14(18)15(11-12)20-2/h8-9,11,13,18H,3-7,10H2,1-2H3/t13-/m1/s1. The number of rotatable bonds is 5. The lowest BCUT2D eigenvalue weighted by atomic mass is 10.1. The monoisotopic (exact) mass is 277 g/mol. The highest BCUT2D eigenvalue weighted by molar-refractivity contribution is 5.95. The summed E-state index contributed by atoms with van der Waals surface area (Å²) < 4.78 is 5.07. The van der Waals surface area contributed by atoms with Crippen molar-refractivity contribution in [3.63, 3.8) is 0 Å². The first-order chi connectivity index (χ1) is 9.67. The Bertz CT molecular complexity index is 473. The molecule has 0 unspecified atom stereocenters. The van der Waals surface area contributed by atoms with Crippen molar-refractivity contribution < 1.29 is 14.6 Å². The fourth-order valence-corrected chi connectivity index (χ4v) is 2.82. The number of carbonyl (C=O) groups is 1. The van der Waals surface area contributed by atoms with Crippen molar-refractivity contribution in [3.05, 3.63) is 23.8 Å². The van der Waals surface area contributed by atoms with Crippen LogP contribution in [0.4, 0.5) is 0 Å². The molecule has 1 aliphatic rings. The van der Waals surface area contributed by atoms with Crippen LogP contribution >= 0.6 is 0 Å². The first kappa shape index (κ1) is 14.7. The zero-order valence-corrected chi connectivity index (χ0v) is 12.3. The van der Waals surface area contributed by atoms with Crippen LogP contribution < -0.4 is 4.74 Å². The maximum Gasteiger partial charge on any atom is 0.254 e. The largest absolute Gasteiger partial charge is 0.504 e. The molecular formula is C16H23NO3. The van der Waals surface area contributed by atoms with E-state index in [0.29, 0.717) is 17.4 Å². The van der Waals surface area contributed by atoms with Gasteiger partial charge in [-0.15, -0.1) is 0 Å². The number of methoxy groups -OCH3 is 1. The summed E-state index contributed by atoms with van der Waals surface area (Å²) in [7, 11) is 1.49. The first-order valence-corrected chi connectivity index (χ1v) is 7.35. The van der Waals surface area contributed by atoms with Gasteiger partial charge in [0.1, 0.15) is 0 Å². The number of phenolic OH excluding ortho intramolecular Hbond substituents is 1. The number of amides is 1. The summed E-state index contributed by atoms with van der Waals surface area (Å²) in [4.78, 5) is 14.6. The number of unbranched alkanes of at least 4 members (excludes halogenated alkanes) is 1. The number of hydrogen-bond acceptors (Lipinski definition) is 3. The van der Waals surface area contributed by atoms with Gasteiger partial charge in [-0.3, -0.25) is 4.79 Å². The summed E-state index contributed by atoms with van der Waals surface area (Å²) in [5, 5.41) is 9.60. The third-order valence-electron chi connectivity index (χ3n) is 3.96. The Morgan fingerprint density at radius 1 is 1.50 bits per heavy atom. The average molecular weight is 277 g/mol. The van der Waals surface area contributed by atoms with Crippen molar-refractivity contribution in [2.45, 2.75) is 45.1 Å². The van der Waals surface area contributed by atoms with E-state index in [1.165, 1.54) is 13.2 Å². The van der Waals surface area contributed by atoms with Gasteiger partial charge in [-0.1, -0.05) is 19.8 Å². The van der Waals surface area contributed by atoms with Crippen molar-refractivity contribution in [3.8, 4) is 11.5 Å². The molecule has 1 heterocycles. The quantitative estimate of drug-likeness (QED) is 0.899. The van der Waals surface area contributed by atoms with Gasteiger partial charge in [-0.05, 0) is 37.5 Å². The van der Waals surface area contributed by atoms with E-state index < -0.39 is 0 Å². The molecule has 0 bridgehead atoms. The second-order valence-corrected chi connectivity index (χ2v) is 5.32. The molecule has 0 aliphatic carbocycles. The third-order valence-corrected chi connectivity index (χ3v) is 3.96. The highest BCUT2D eigenvalue weighted by Crippen LogP contribution is 2.29. The molecule has 1 fully saturated rings. The average Bonchev–Trinajstić information content (AvgIpc) is 2.93. The van der Waals surface area contributed by atoms with E-state index in [2.05, 4.69) is 6.92 Å². The maximum atomic E-state index is 12.6. The van der Waals surface area contributed by atoms with Crippen LogP contribution in [0.2, 0.25) is 0 Å². The van der Waals surface area contributed by atoms with E-state index >= 15 is 0 Å². The van der Waals surface area contributed by atoms with E-state index in [1.807, 2.05) is 4.90 Å². The van der Waals surface area contributed by atoms with Crippen LogP contribution in [0.5, 0.6) is 11.5 Å². The molecule has 1 amide bonds. The molecular weight excluding hydrogens is 254 g/mol. The van der Waals surface area contributed by atoms with Gasteiger partial charge in [0.25, 0.3) is 5.91 Å². The molecule has 0 spiro atoms. The Balaban J connectivity index is 2.13. The summed E-state index contributed by atoms with van der Waals surface area (Å²) in [5.74, 6) is 0.454. The molecule has 1 saturated heterocycles. The molecule has 0 aromatic heterocycles. The van der Waals surface area contributed by atoms with E-state index in [1.54, 1.807) is 12.1 Å². The summed E-state index contributed by atoms with van der Waals surface area (Å²) in [6, 6.07) is 5.16. The van der Waals surface area contributed by atoms with Gasteiger partial charge in [-0.2, -0.15) is 0 Å². The molecule has 20 heavy (non-hydrogen) atoms. The van der Waals surface area contributed by atoms with Crippen LogP contribution in [-0.4, -0.2) is 35.6 Å². The maximum absolute atomic E-state index is 12.6. The molecule has 110 valence electrons.